The zero-order chi connectivity index (χ0) is 22.0. The molecule has 6 nitrogen and oxygen atoms in total. The fourth-order valence-electron chi connectivity index (χ4n) is 6.68. The number of likely N-dealkylation sites (tertiary alicyclic amines) is 2. The smallest absolute Gasteiger partial charge is 0.265 e. The normalized spacial score (nSPS) is 29.4. The van der Waals surface area contributed by atoms with Crippen LogP contribution >= 0.6 is 31.9 Å². The second-order valence-electron chi connectivity index (χ2n) is 10.2. The van der Waals surface area contributed by atoms with E-state index in [-0.39, 0.29) is 11.1 Å². The predicted octanol–water partition coefficient (Wildman–Crippen LogP) is 3.07. The maximum atomic E-state index is 12.6. The SMILES string of the molecule is O=c1c(Br)ccc2n1C[C@H]1C[C@@H]2CN(CCN2C[C@@H]3C[C@H](C2)c2ccc(Br)c(=O)n2C3)C1. The summed E-state index contributed by atoms with van der Waals surface area (Å²) in [5.74, 6) is 2.04. The highest BCUT2D eigenvalue weighted by molar-refractivity contribution is 9.10. The Morgan fingerprint density at radius 2 is 1.09 bits per heavy atom. The van der Waals surface area contributed by atoms with Gasteiger partial charge >= 0.3 is 0 Å². The summed E-state index contributed by atoms with van der Waals surface area (Å²) >= 11 is 6.80. The van der Waals surface area contributed by atoms with Crippen LogP contribution in [0.1, 0.15) is 36.1 Å². The van der Waals surface area contributed by atoms with Crippen LogP contribution in [-0.4, -0.2) is 58.2 Å². The number of hydrogen-bond donors (Lipinski definition) is 0. The highest BCUT2D eigenvalue weighted by Gasteiger charge is 2.37. The Morgan fingerprint density at radius 1 is 0.656 bits per heavy atom. The van der Waals surface area contributed by atoms with E-state index in [2.05, 4.69) is 53.8 Å². The summed E-state index contributed by atoms with van der Waals surface area (Å²) in [6.07, 6.45) is 2.40. The van der Waals surface area contributed by atoms with Crippen LogP contribution in [-0.2, 0) is 13.1 Å². The van der Waals surface area contributed by atoms with Crippen LogP contribution in [0.2, 0.25) is 0 Å². The molecule has 2 aromatic heterocycles. The first kappa shape index (κ1) is 21.3. The second-order valence-corrected chi connectivity index (χ2v) is 11.9. The molecular weight excluding hydrogens is 536 g/mol. The van der Waals surface area contributed by atoms with Gasteiger partial charge in [0.25, 0.3) is 11.1 Å². The molecule has 2 fully saturated rings. The van der Waals surface area contributed by atoms with Crippen molar-refractivity contribution in [2.45, 2.75) is 37.8 Å². The molecule has 6 heterocycles. The Hall–Kier alpha value is -1.22. The lowest BCUT2D eigenvalue weighted by molar-refractivity contribution is 0.0792. The molecule has 2 aromatic rings. The monoisotopic (exact) mass is 562 g/mol. The standard InChI is InChI=1S/C24H28Br2N4O2/c25-19-1-3-21-17-7-15(11-29(21)23(19)31)9-27(13-17)5-6-28-10-16-8-18(14-28)22-4-2-20(26)24(32)30(22)12-16/h1-4,15-18H,5-14H2/t15-,16-,17+,18+/m0/s1. The van der Waals surface area contributed by atoms with Gasteiger partial charge in [0.05, 0.1) is 8.95 Å². The largest absolute Gasteiger partial charge is 0.311 e. The van der Waals surface area contributed by atoms with Gasteiger partial charge in [-0.05, 0) is 80.8 Å². The van der Waals surface area contributed by atoms with Gasteiger partial charge in [-0.3, -0.25) is 9.59 Å². The van der Waals surface area contributed by atoms with E-state index in [1.54, 1.807) is 0 Å². The van der Waals surface area contributed by atoms with Crippen molar-refractivity contribution >= 4 is 31.9 Å². The van der Waals surface area contributed by atoms with Gasteiger partial charge in [0.15, 0.2) is 0 Å². The number of piperidine rings is 2. The van der Waals surface area contributed by atoms with Crippen LogP contribution in [0.5, 0.6) is 0 Å². The Kier molecular flexibility index (Phi) is 5.48. The molecule has 0 amide bonds. The zero-order valence-corrected chi connectivity index (χ0v) is 21.2. The van der Waals surface area contributed by atoms with E-state index in [9.17, 15) is 9.59 Å². The van der Waals surface area contributed by atoms with Crippen LogP contribution < -0.4 is 11.1 Å². The van der Waals surface area contributed by atoms with E-state index in [1.165, 1.54) is 24.2 Å². The van der Waals surface area contributed by atoms with Crippen molar-refractivity contribution < 1.29 is 0 Å². The lowest BCUT2D eigenvalue weighted by Gasteiger charge is -2.45. The fourth-order valence-corrected chi connectivity index (χ4v) is 7.38. The molecule has 0 aliphatic carbocycles. The third-order valence-corrected chi connectivity index (χ3v) is 9.21. The van der Waals surface area contributed by atoms with Crippen molar-refractivity contribution in [3.8, 4) is 0 Å². The van der Waals surface area contributed by atoms with Crippen molar-refractivity contribution in [3.63, 3.8) is 0 Å². The second kappa shape index (κ2) is 8.22. The number of fused-ring (bicyclic) bond motifs is 8. The molecule has 0 radical (unpaired) electrons. The summed E-state index contributed by atoms with van der Waals surface area (Å²) < 4.78 is 5.35. The first-order valence-electron chi connectivity index (χ1n) is 11.7. The number of aromatic nitrogens is 2. The van der Waals surface area contributed by atoms with E-state index < -0.39 is 0 Å². The summed E-state index contributed by atoms with van der Waals surface area (Å²) in [4.78, 5) is 30.3. The van der Waals surface area contributed by atoms with Gasteiger partial charge in [0.1, 0.15) is 0 Å². The molecule has 4 atom stereocenters. The first-order chi connectivity index (χ1) is 15.5. The maximum Gasteiger partial charge on any atom is 0.265 e. The molecule has 0 saturated carbocycles. The van der Waals surface area contributed by atoms with Crippen molar-refractivity contribution in [1.29, 1.82) is 0 Å². The quantitative estimate of drug-likeness (QED) is 0.576. The Morgan fingerprint density at radius 3 is 1.53 bits per heavy atom. The predicted molar refractivity (Wildman–Crippen MR) is 131 cm³/mol. The molecule has 2 saturated heterocycles. The average molecular weight is 564 g/mol. The molecule has 170 valence electrons. The summed E-state index contributed by atoms with van der Waals surface area (Å²) in [6, 6.07) is 8.11. The van der Waals surface area contributed by atoms with E-state index in [4.69, 9.17) is 0 Å². The molecule has 32 heavy (non-hydrogen) atoms. The van der Waals surface area contributed by atoms with Gasteiger partial charge in [0, 0.05) is 75.6 Å². The number of rotatable bonds is 3. The molecular formula is C24H28Br2N4O2. The van der Waals surface area contributed by atoms with Crippen LogP contribution in [0, 0.1) is 11.8 Å². The summed E-state index contributed by atoms with van der Waals surface area (Å²) in [7, 11) is 0. The minimum Gasteiger partial charge on any atom is -0.311 e. The minimum absolute atomic E-state index is 0.122. The van der Waals surface area contributed by atoms with Crippen molar-refractivity contribution in [2.24, 2.45) is 11.8 Å². The number of halogens is 2. The highest BCUT2D eigenvalue weighted by Crippen LogP contribution is 2.37. The number of hydrogen-bond acceptors (Lipinski definition) is 4. The molecule has 0 N–H and O–H groups in total. The van der Waals surface area contributed by atoms with E-state index in [0.29, 0.717) is 32.6 Å². The molecule has 8 heteroatoms. The third kappa shape index (κ3) is 3.67. The summed E-state index contributed by atoms with van der Waals surface area (Å²) in [5, 5.41) is 0. The molecule has 0 unspecified atom stereocenters. The Bertz CT molecular complexity index is 1080. The molecule has 4 aliphatic rings. The number of nitrogens with zero attached hydrogens (tertiary/aromatic N) is 4. The highest BCUT2D eigenvalue weighted by atomic mass is 79.9. The van der Waals surface area contributed by atoms with Gasteiger partial charge in [-0.15, -0.1) is 0 Å². The lowest BCUT2D eigenvalue weighted by atomic mass is 9.82. The van der Waals surface area contributed by atoms with Gasteiger partial charge in [-0.25, -0.2) is 0 Å². The van der Waals surface area contributed by atoms with Crippen LogP contribution in [0.15, 0.2) is 42.8 Å². The first-order valence-corrected chi connectivity index (χ1v) is 13.3. The van der Waals surface area contributed by atoms with Gasteiger partial charge in [-0.1, -0.05) is 0 Å². The average Bonchev–Trinajstić information content (AvgIpc) is 2.78. The summed E-state index contributed by atoms with van der Waals surface area (Å²) in [5.41, 5.74) is 2.66. The van der Waals surface area contributed by atoms with E-state index >= 15 is 0 Å². The van der Waals surface area contributed by atoms with E-state index in [1.807, 2.05) is 21.3 Å². The molecule has 4 bridgehead atoms. The molecule has 0 aromatic carbocycles. The lowest BCUT2D eigenvalue weighted by Crippen LogP contribution is -2.51. The maximum absolute atomic E-state index is 12.6. The van der Waals surface area contributed by atoms with Crippen molar-refractivity contribution in [3.05, 3.63) is 65.3 Å². The molecule has 6 rings (SSSR count). The van der Waals surface area contributed by atoms with E-state index in [0.717, 1.165) is 52.4 Å². The fraction of sp³-hybridized carbons (Fsp3) is 0.583. The van der Waals surface area contributed by atoms with Crippen LogP contribution in [0.3, 0.4) is 0 Å². The van der Waals surface area contributed by atoms with Gasteiger partial charge in [0.2, 0.25) is 0 Å². The Balaban J connectivity index is 1.12. The zero-order valence-electron chi connectivity index (χ0n) is 18.1. The minimum atomic E-state index is 0.122. The summed E-state index contributed by atoms with van der Waals surface area (Å²) in [6.45, 7) is 8.12. The topological polar surface area (TPSA) is 50.5 Å². The molecule has 0 spiro atoms. The van der Waals surface area contributed by atoms with Gasteiger partial charge < -0.3 is 18.9 Å². The van der Waals surface area contributed by atoms with Crippen molar-refractivity contribution in [2.75, 3.05) is 39.3 Å². The van der Waals surface area contributed by atoms with Gasteiger partial charge in [-0.2, -0.15) is 0 Å². The Labute approximate surface area is 204 Å². The van der Waals surface area contributed by atoms with Crippen LogP contribution in [0.25, 0.3) is 0 Å². The number of pyridine rings is 2. The molecule has 4 aliphatic heterocycles. The van der Waals surface area contributed by atoms with Crippen LogP contribution in [0.4, 0.5) is 0 Å². The third-order valence-electron chi connectivity index (χ3n) is 8.00. The van der Waals surface area contributed by atoms with Crippen molar-refractivity contribution in [1.82, 2.24) is 18.9 Å².